The Bertz CT molecular complexity index is 1470. The minimum absolute atomic E-state index is 0.0899. The standard InChI is InChI=1S/C26H25N5O4/c1-26(2,3)22-23(32)28-25(31-29-22)30-27-15-19-17-10-6-5-9-16(17)13-14-21(19)35-24(33)18-11-7-8-12-20(18)34-4/h5-15H,1-4H3,(H2,28,30,31,32)/b27-15-. The molecule has 0 unspecified atom stereocenters. The number of ether oxygens (including phenoxy) is 2. The summed E-state index contributed by atoms with van der Waals surface area (Å²) in [7, 11) is 1.49. The van der Waals surface area contributed by atoms with Crippen molar-refractivity contribution in [1.29, 1.82) is 0 Å². The highest BCUT2D eigenvalue weighted by atomic mass is 16.5. The van der Waals surface area contributed by atoms with Gasteiger partial charge in [-0.2, -0.15) is 5.10 Å². The lowest BCUT2D eigenvalue weighted by Gasteiger charge is -2.15. The fraction of sp³-hybridized carbons (Fsp3) is 0.192. The number of benzene rings is 3. The van der Waals surface area contributed by atoms with E-state index in [2.05, 4.69) is 25.7 Å². The molecular weight excluding hydrogens is 446 g/mol. The second-order valence-electron chi connectivity index (χ2n) is 8.76. The van der Waals surface area contributed by atoms with E-state index in [1.807, 2.05) is 51.1 Å². The third-order valence-corrected chi connectivity index (χ3v) is 5.23. The molecule has 1 heterocycles. The van der Waals surface area contributed by atoms with Crippen molar-refractivity contribution in [2.24, 2.45) is 5.10 Å². The number of carbonyl (C=O) groups excluding carboxylic acids is 1. The number of rotatable bonds is 6. The molecule has 178 valence electrons. The van der Waals surface area contributed by atoms with Gasteiger partial charge in [-0.15, -0.1) is 10.2 Å². The Kier molecular flexibility index (Phi) is 6.59. The molecule has 0 spiro atoms. The predicted octanol–water partition coefficient (Wildman–Crippen LogP) is 4.29. The topological polar surface area (TPSA) is 119 Å². The van der Waals surface area contributed by atoms with Crippen molar-refractivity contribution in [3.63, 3.8) is 0 Å². The van der Waals surface area contributed by atoms with E-state index >= 15 is 0 Å². The molecule has 0 saturated heterocycles. The van der Waals surface area contributed by atoms with Crippen molar-refractivity contribution in [2.75, 3.05) is 12.5 Å². The van der Waals surface area contributed by atoms with Crippen LogP contribution in [0.3, 0.4) is 0 Å². The Morgan fingerprint density at radius 1 is 1.00 bits per heavy atom. The molecule has 2 N–H and O–H groups in total. The number of anilines is 1. The molecule has 0 fully saturated rings. The first-order chi connectivity index (χ1) is 16.8. The number of carbonyl (C=O) groups is 1. The largest absolute Gasteiger partial charge is 0.496 e. The molecular formula is C26H25N5O4. The van der Waals surface area contributed by atoms with Crippen molar-refractivity contribution in [2.45, 2.75) is 26.2 Å². The lowest BCUT2D eigenvalue weighted by molar-refractivity contribution is 0.0731. The Labute approximate surface area is 201 Å². The first-order valence-electron chi connectivity index (χ1n) is 10.9. The number of nitrogens with one attached hydrogen (secondary N) is 2. The molecule has 9 nitrogen and oxygen atoms in total. The van der Waals surface area contributed by atoms with Crippen LogP contribution < -0.4 is 20.5 Å². The molecule has 0 saturated carbocycles. The summed E-state index contributed by atoms with van der Waals surface area (Å²) < 4.78 is 11.0. The van der Waals surface area contributed by atoms with Gasteiger partial charge in [0.15, 0.2) is 0 Å². The predicted molar refractivity (Wildman–Crippen MR) is 134 cm³/mol. The summed E-state index contributed by atoms with van der Waals surface area (Å²) in [5.74, 6) is 0.254. The van der Waals surface area contributed by atoms with E-state index in [4.69, 9.17) is 9.47 Å². The van der Waals surface area contributed by atoms with Gasteiger partial charge in [0.1, 0.15) is 22.8 Å². The number of methoxy groups -OCH3 is 1. The Morgan fingerprint density at radius 3 is 2.49 bits per heavy atom. The second kappa shape index (κ2) is 9.76. The van der Waals surface area contributed by atoms with Crippen molar-refractivity contribution in [1.82, 2.24) is 15.2 Å². The van der Waals surface area contributed by atoms with Crippen LogP contribution in [0.5, 0.6) is 11.5 Å². The van der Waals surface area contributed by atoms with E-state index in [1.54, 1.807) is 30.3 Å². The number of aromatic nitrogens is 3. The molecule has 0 aliphatic heterocycles. The SMILES string of the molecule is COc1ccccc1C(=O)Oc1ccc2ccccc2c1/C=N\Nc1nnc(C(C)(C)C)c(=O)[nH]1. The average molecular weight is 472 g/mol. The van der Waals surface area contributed by atoms with Crippen molar-refractivity contribution in [3.8, 4) is 11.5 Å². The third-order valence-electron chi connectivity index (χ3n) is 5.23. The normalized spacial score (nSPS) is 11.5. The first-order valence-corrected chi connectivity index (χ1v) is 10.9. The van der Waals surface area contributed by atoms with Gasteiger partial charge in [0.05, 0.1) is 13.3 Å². The van der Waals surface area contributed by atoms with Crippen molar-refractivity contribution in [3.05, 3.63) is 87.8 Å². The summed E-state index contributed by atoms with van der Waals surface area (Å²) in [6.45, 7) is 5.64. The average Bonchev–Trinajstić information content (AvgIpc) is 2.84. The summed E-state index contributed by atoms with van der Waals surface area (Å²) in [6.07, 6.45) is 1.50. The fourth-order valence-corrected chi connectivity index (χ4v) is 3.50. The number of hydrazone groups is 1. The zero-order valence-corrected chi connectivity index (χ0v) is 19.8. The minimum Gasteiger partial charge on any atom is -0.496 e. The van der Waals surface area contributed by atoms with E-state index in [-0.39, 0.29) is 11.5 Å². The van der Waals surface area contributed by atoms with Gasteiger partial charge in [-0.05, 0) is 29.0 Å². The van der Waals surface area contributed by atoms with Gasteiger partial charge < -0.3 is 9.47 Å². The molecule has 9 heteroatoms. The Hall–Kier alpha value is -4.53. The summed E-state index contributed by atoms with van der Waals surface area (Å²) >= 11 is 0. The number of esters is 1. The maximum Gasteiger partial charge on any atom is 0.347 e. The number of aromatic amines is 1. The molecule has 0 aliphatic rings. The van der Waals surface area contributed by atoms with Crippen LogP contribution in [0.25, 0.3) is 10.8 Å². The molecule has 4 rings (SSSR count). The summed E-state index contributed by atoms with van der Waals surface area (Å²) in [5, 5.41) is 14.0. The number of hydrogen-bond acceptors (Lipinski definition) is 8. The van der Waals surface area contributed by atoms with Gasteiger partial charge in [-0.1, -0.05) is 63.2 Å². The van der Waals surface area contributed by atoms with Crippen LogP contribution in [0.15, 0.2) is 70.6 Å². The highest BCUT2D eigenvalue weighted by Crippen LogP contribution is 2.28. The molecule has 0 atom stereocenters. The quantitative estimate of drug-likeness (QED) is 0.186. The van der Waals surface area contributed by atoms with Crippen molar-refractivity contribution < 1.29 is 14.3 Å². The van der Waals surface area contributed by atoms with Crippen LogP contribution >= 0.6 is 0 Å². The Morgan fingerprint density at radius 2 is 1.74 bits per heavy atom. The molecule has 35 heavy (non-hydrogen) atoms. The highest BCUT2D eigenvalue weighted by Gasteiger charge is 2.21. The monoisotopic (exact) mass is 471 g/mol. The van der Waals surface area contributed by atoms with E-state index in [0.717, 1.165) is 10.8 Å². The maximum atomic E-state index is 12.9. The van der Waals surface area contributed by atoms with E-state index in [0.29, 0.717) is 28.3 Å². The molecule has 3 aromatic carbocycles. The van der Waals surface area contributed by atoms with E-state index in [1.165, 1.54) is 13.3 Å². The van der Waals surface area contributed by atoms with Crippen LogP contribution in [0.4, 0.5) is 5.95 Å². The van der Waals surface area contributed by atoms with Gasteiger partial charge in [0, 0.05) is 11.0 Å². The van der Waals surface area contributed by atoms with Crippen LogP contribution in [-0.2, 0) is 5.41 Å². The van der Waals surface area contributed by atoms with E-state index in [9.17, 15) is 9.59 Å². The third kappa shape index (κ3) is 5.19. The lowest BCUT2D eigenvalue weighted by atomic mass is 9.93. The molecule has 1 aromatic heterocycles. The number of para-hydroxylation sites is 1. The maximum absolute atomic E-state index is 12.9. The van der Waals surface area contributed by atoms with Crippen LogP contribution in [0.2, 0.25) is 0 Å². The zero-order valence-electron chi connectivity index (χ0n) is 19.8. The van der Waals surface area contributed by atoms with Gasteiger partial charge in [-0.3, -0.25) is 9.78 Å². The Balaban J connectivity index is 1.65. The van der Waals surface area contributed by atoms with Crippen molar-refractivity contribution >= 4 is 28.9 Å². The number of H-pyrrole nitrogens is 1. The summed E-state index contributed by atoms with van der Waals surface area (Å²) in [4.78, 5) is 27.9. The minimum atomic E-state index is -0.562. The first kappa shape index (κ1) is 23.6. The smallest absolute Gasteiger partial charge is 0.347 e. The lowest BCUT2D eigenvalue weighted by Crippen LogP contribution is -2.28. The second-order valence-corrected chi connectivity index (χ2v) is 8.76. The molecule has 0 amide bonds. The molecule has 4 aromatic rings. The molecule has 0 aliphatic carbocycles. The number of nitrogens with zero attached hydrogens (tertiary/aromatic N) is 3. The van der Waals surface area contributed by atoms with Crippen LogP contribution in [-0.4, -0.2) is 34.5 Å². The van der Waals surface area contributed by atoms with Gasteiger partial charge in [-0.25, -0.2) is 10.2 Å². The van der Waals surface area contributed by atoms with Crippen LogP contribution in [0, 0.1) is 0 Å². The van der Waals surface area contributed by atoms with E-state index < -0.39 is 11.4 Å². The number of hydrogen-bond donors (Lipinski definition) is 2. The summed E-state index contributed by atoms with van der Waals surface area (Å²) in [5.41, 5.74) is 3.10. The fourth-order valence-electron chi connectivity index (χ4n) is 3.50. The zero-order chi connectivity index (χ0) is 25.0. The highest BCUT2D eigenvalue weighted by molar-refractivity contribution is 6.04. The summed E-state index contributed by atoms with van der Waals surface area (Å²) in [6, 6.07) is 18.0. The van der Waals surface area contributed by atoms with Gasteiger partial charge >= 0.3 is 5.97 Å². The van der Waals surface area contributed by atoms with Gasteiger partial charge in [0.25, 0.3) is 5.56 Å². The van der Waals surface area contributed by atoms with Gasteiger partial charge in [0.2, 0.25) is 5.95 Å². The molecule has 0 bridgehead atoms. The molecule has 0 radical (unpaired) electrons. The van der Waals surface area contributed by atoms with Crippen LogP contribution in [0.1, 0.15) is 42.4 Å². The number of fused-ring (bicyclic) bond motifs is 1.